The monoisotopic (exact) mass is 302 g/mol. The number of carbonyl (C=O) groups excluding carboxylic acids is 1. The predicted octanol–water partition coefficient (Wildman–Crippen LogP) is 2.70. The fraction of sp³-hybridized carbons (Fsp3) is 0.643. The van der Waals surface area contributed by atoms with E-state index in [1.54, 1.807) is 11.3 Å². The molecule has 1 aliphatic heterocycles. The molecule has 1 aliphatic rings. The van der Waals surface area contributed by atoms with Crippen molar-refractivity contribution in [1.29, 1.82) is 0 Å². The fourth-order valence-corrected chi connectivity index (χ4v) is 3.20. The summed E-state index contributed by atoms with van der Waals surface area (Å²) < 4.78 is 0. The second-order valence-corrected chi connectivity index (χ2v) is 5.91. The first-order valence-electron chi connectivity index (χ1n) is 6.77. The summed E-state index contributed by atoms with van der Waals surface area (Å²) in [5, 5.41) is 5.39. The topological polar surface area (TPSA) is 32.3 Å². The lowest BCUT2D eigenvalue weighted by Gasteiger charge is -2.31. The molecule has 0 spiro atoms. The number of hydrogen-bond donors (Lipinski definition) is 1. The predicted molar refractivity (Wildman–Crippen MR) is 83.2 cm³/mol. The normalized spacial score (nSPS) is 16.2. The molecule has 2 heterocycles. The first-order valence-corrected chi connectivity index (χ1v) is 7.65. The van der Waals surface area contributed by atoms with E-state index in [1.807, 2.05) is 11.9 Å². The summed E-state index contributed by atoms with van der Waals surface area (Å²) in [4.78, 5) is 15.4. The van der Waals surface area contributed by atoms with Crippen LogP contribution in [0.1, 0.15) is 30.6 Å². The van der Waals surface area contributed by atoms with Crippen LogP contribution >= 0.6 is 23.7 Å². The number of aryl methyl sites for hydroxylation is 1. The Labute approximate surface area is 125 Å². The smallest absolute Gasteiger partial charge is 0.222 e. The molecule has 1 fully saturated rings. The highest BCUT2D eigenvalue weighted by molar-refractivity contribution is 7.09. The van der Waals surface area contributed by atoms with Crippen LogP contribution in [0.5, 0.6) is 0 Å². The van der Waals surface area contributed by atoms with Gasteiger partial charge in [0.25, 0.3) is 0 Å². The number of amides is 1. The lowest BCUT2D eigenvalue weighted by molar-refractivity contribution is -0.132. The van der Waals surface area contributed by atoms with Gasteiger partial charge < -0.3 is 10.2 Å². The molecule has 1 N–H and O–H groups in total. The van der Waals surface area contributed by atoms with Crippen LogP contribution in [0.25, 0.3) is 0 Å². The van der Waals surface area contributed by atoms with Crippen LogP contribution in [-0.2, 0) is 11.2 Å². The van der Waals surface area contributed by atoms with E-state index >= 15 is 0 Å². The molecule has 0 saturated carbocycles. The Bertz CT molecular complexity index is 362. The second-order valence-electron chi connectivity index (χ2n) is 4.88. The zero-order valence-corrected chi connectivity index (χ0v) is 13.1. The minimum absolute atomic E-state index is 0. The van der Waals surface area contributed by atoms with Crippen molar-refractivity contribution in [3.05, 3.63) is 22.4 Å². The number of rotatable bonds is 5. The third-order valence-electron chi connectivity index (χ3n) is 3.65. The van der Waals surface area contributed by atoms with Gasteiger partial charge in [-0.15, -0.1) is 23.7 Å². The molecule has 1 amide bonds. The quantitative estimate of drug-likeness (QED) is 0.907. The minimum atomic E-state index is 0. The molecule has 1 aromatic heterocycles. The molecule has 3 nitrogen and oxygen atoms in total. The van der Waals surface area contributed by atoms with Crippen LogP contribution in [-0.4, -0.2) is 37.0 Å². The summed E-state index contributed by atoms with van der Waals surface area (Å²) in [5.74, 6) is 0.334. The van der Waals surface area contributed by atoms with Crippen molar-refractivity contribution in [2.24, 2.45) is 0 Å². The highest BCUT2D eigenvalue weighted by Crippen LogP contribution is 2.15. The summed E-state index contributed by atoms with van der Waals surface area (Å²) in [6, 6.07) is 4.82. The zero-order valence-electron chi connectivity index (χ0n) is 11.4. The molecule has 0 aliphatic carbocycles. The first-order chi connectivity index (χ1) is 8.79. The number of hydrogen-bond acceptors (Lipinski definition) is 3. The first kappa shape index (κ1) is 16.5. The van der Waals surface area contributed by atoms with Gasteiger partial charge in [0.1, 0.15) is 0 Å². The number of thiophene rings is 1. The van der Waals surface area contributed by atoms with E-state index in [0.717, 1.165) is 38.8 Å². The van der Waals surface area contributed by atoms with Gasteiger partial charge in [-0.1, -0.05) is 6.07 Å². The molecule has 2 rings (SSSR count). The Morgan fingerprint density at radius 1 is 1.47 bits per heavy atom. The van der Waals surface area contributed by atoms with Gasteiger partial charge in [0.2, 0.25) is 5.91 Å². The van der Waals surface area contributed by atoms with Gasteiger partial charge in [-0.2, -0.15) is 0 Å². The third-order valence-corrected chi connectivity index (χ3v) is 4.59. The van der Waals surface area contributed by atoms with E-state index in [0.29, 0.717) is 18.4 Å². The van der Waals surface area contributed by atoms with Crippen molar-refractivity contribution in [2.45, 2.75) is 38.1 Å². The van der Waals surface area contributed by atoms with Crippen LogP contribution in [0.4, 0.5) is 0 Å². The Hall–Kier alpha value is -0.580. The van der Waals surface area contributed by atoms with E-state index in [4.69, 9.17) is 0 Å². The molecule has 0 radical (unpaired) electrons. The van der Waals surface area contributed by atoms with Crippen molar-refractivity contribution in [3.63, 3.8) is 0 Å². The van der Waals surface area contributed by atoms with Crippen molar-refractivity contribution in [3.8, 4) is 0 Å². The molecule has 1 saturated heterocycles. The van der Waals surface area contributed by atoms with E-state index in [2.05, 4.69) is 22.8 Å². The number of piperidine rings is 1. The standard InChI is InChI=1S/C14H22N2OS.ClH/c1-15-12-7-9-16(10-8-12)14(17)6-2-4-13-5-3-11-18-13;/h3,5,11-12,15H,2,4,6-10H2,1H3;1H. The van der Waals surface area contributed by atoms with Gasteiger partial charge in [0.05, 0.1) is 0 Å². The van der Waals surface area contributed by atoms with Crippen LogP contribution < -0.4 is 5.32 Å². The highest BCUT2D eigenvalue weighted by atomic mass is 35.5. The summed E-state index contributed by atoms with van der Waals surface area (Å²) >= 11 is 1.78. The molecule has 0 bridgehead atoms. The Balaban J connectivity index is 0.00000180. The van der Waals surface area contributed by atoms with Gasteiger partial charge in [-0.25, -0.2) is 0 Å². The van der Waals surface area contributed by atoms with Crippen molar-refractivity contribution in [1.82, 2.24) is 10.2 Å². The summed E-state index contributed by atoms with van der Waals surface area (Å²) in [5.41, 5.74) is 0. The van der Waals surface area contributed by atoms with Crippen molar-refractivity contribution < 1.29 is 4.79 Å². The molecule has 1 aromatic rings. The zero-order chi connectivity index (χ0) is 12.8. The molecule has 108 valence electrons. The summed E-state index contributed by atoms with van der Waals surface area (Å²) in [6.45, 7) is 1.84. The SMILES string of the molecule is CNC1CCN(C(=O)CCCc2cccs2)CC1.Cl. The third kappa shape index (κ3) is 5.13. The molecule has 0 unspecified atom stereocenters. The average molecular weight is 303 g/mol. The average Bonchev–Trinajstić information content (AvgIpc) is 2.92. The van der Waals surface area contributed by atoms with Crippen LogP contribution in [0.2, 0.25) is 0 Å². The number of nitrogens with one attached hydrogen (secondary N) is 1. The van der Waals surface area contributed by atoms with Gasteiger partial charge in [0.15, 0.2) is 0 Å². The largest absolute Gasteiger partial charge is 0.343 e. The maximum atomic E-state index is 12.0. The number of halogens is 1. The maximum Gasteiger partial charge on any atom is 0.222 e. The number of likely N-dealkylation sites (tertiary alicyclic amines) is 1. The molecular weight excluding hydrogens is 280 g/mol. The van der Waals surface area contributed by atoms with E-state index in [9.17, 15) is 4.79 Å². The number of carbonyl (C=O) groups is 1. The van der Waals surface area contributed by atoms with Gasteiger partial charge in [0, 0.05) is 30.4 Å². The molecular formula is C14H23ClN2OS. The summed E-state index contributed by atoms with van der Waals surface area (Å²) in [7, 11) is 2.00. The van der Waals surface area contributed by atoms with E-state index < -0.39 is 0 Å². The number of nitrogens with zero attached hydrogens (tertiary/aromatic N) is 1. The van der Waals surface area contributed by atoms with Crippen LogP contribution in [0.3, 0.4) is 0 Å². The van der Waals surface area contributed by atoms with Crippen molar-refractivity contribution >= 4 is 29.7 Å². The molecule has 0 atom stereocenters. The lowest BCUT2D eigenvalue weighted by Crippen LogP contribution is -2.43. The summed E-state index contributed by atoms with van der Waals surface area (Å²) in [6.07, 6.45) is 4.89. The highest BCUT2D eigenvalue weighted by Gasteiger charge is 2.21. The lowest BCUT2D eigenvalue weighted by atomic mass is 10.0. The molecule has 19 heavy (non-hydrogen) atoms. The van der Waals surface area contributed by atoms with E-state index in [-0.39, 0.29) is 12.4 Å². The molecule has 5 heteroatoms. The second kappa shape index (κ2) is 8.56. The Morgan fingerprint density at radius 2 is 2.21 bits per heavy atom. The van der Waals surface area contributed by atoms with E-state index in [1.165, 1.54) is 4.88 Å². The van der Waals surface area contributed by atoms with Gasteiger partial charge in [-0.3, -0.25) is 4.79 Å². The fourth-order valence-electron chi connectivity index (χ4n) is 2.44. The van der Waals surface area contributed by atoms with Gasteiger partial charge in [-0.05, 0) is 44.2 Å². The van der Waals surface area contributed by atoms with Crippen molar-refractivity contribution in [2.75, 3.05) is 20.1 Å². The van der Waals surface area contributed by atoms with Crippen LogP contribution in [0, 0.1) is 0 Å². The minimum Gasteiger partial charge on any atom is -0.343 e. The maximum absolute atomic E-state index is 12.0. The Morgan fingerprint density at radius 3 is 2.79 bits per heavy atom. The van der Waals surface area contributed by atoms with Gasteiger partial charge >= 0.3 is 0 Å². The molecule has 0 aromatic carbocycles. The Kier molecular flexibility index (Phi) is 7.42. The van der Waals surface area contributed by atoms with Crippen LogP contribution in [0.15, 0.2) is 17.5 Å².